The van der Waals surface area contributed by atoms with Crippen LogP contribution in [0, 0.1) is 10.1 Å². The van der Waals surface area contributed by atoms with Crippen LogP contribution in [0.3, 0.4) is 0 Å². The molecule has 9 heteroatoms. The van der Waals surface area contributed by atoms with Crippen molar-refractivity contribution in [2.45, 2.75) is 19.8 Å². The third-order valence-corrected chi connectivity index (χ3v) is 2.19. The lowest BCUT2D eigenvalue weighted by Crippen LogP contribution is -2.11. The molecule has 1 aromatic heterocycles. The van der Waals surface area contributed by atoms with Gasteiger partial charge in [-0.25, -0.2) is 8.78 Å². The van der Waals surface area contributed by atoms with E-state index in [1.807, 2.05) is 0 Å². The topological polar surface area (TPSA) is 103 Å². The number of carbonyl (C=O) groups is 1. The summed E-state index contributed by atoms with van der Waals surface area (Å²) in [7, 11) is 0. The van der Waals surface area contributed by atoms with Gasteiger partial charge in [0.15, 0.2) is 0 Å². The number of pyridine rings is 1. The number of aromatic hydroxyl groups is 1. The van der Waals surface area contributed by atoms with Crippen molar-refractivity contribution in [3.05, 3.63) is 27.4 Å². The Labute approximate surface area is 106 Å². The van der Waals surface area contributed by atoms with Gasteiger partial charge in [0, 0.05) is 5.56 Å². The van der Waals surface area contributed by atoms with E-state index >= 15 is 0 Å². The molecule has 0 radical (unpaired) electrons. The van der Waals surface area contributed by atoms with Crippen LogP contribution in [-0.4, -0.2) is 27.6 Å². The molecule has 0 aliphatic carbocycles. The van der Waals surface area contributed by atoms with Crippen LogP contribution in [0.5, 0.6) is 5.75 Å². The first-order valence-electron chi connectivity index (χ1n) is 5.17. The second-order valence-corrected chi connectivity index (χ2v) is 3.41. The van der Waals surface area contributed by atoms with Gasteiger partial charge >= 0.3 is 11.8 Å². The maximum Gasteiger partial charge on any atom is 0.406 e. The summed E-state index contributed by atoms with van der Waals surface area (Å²) in [5.74, 6) is -3.11. The summed E-state index contributed by atoms with van der Waals surface area (Å²) in [6, 6.07) is 0. The molecule has 0 amide bonds. The van der Waals surface area contributed by atoms with Gasteiger partial charge in [-0.3, -0.25) is 4.79 Å². The van der Waals surface area contributed by atoms with Crippen LogP contribution in [0.25, 0.3) is 0 Å². The molecular weight excluding hydrogens is 266 g/mol. The second-order valence-electron chi connectivity index (χ2n) is 3.41. The third kappa shape index (κ3) is 3.33. The number of nitro groups is 1. The zero-order valence-electron chi connectivity index (χ0n) is 9.80. The van der Waals surface area contributed by atoms with Gasteiger partial charge in [-0.2, -0.15) is 0 Å². The van der Waals surface area contributed by atoms with Crippen LogP contribution in [0.4, 0.5) is 14.6 Å². The summed E-state index contributed by atoms with van der Waals surface area (Å²) >= 11 is 0. The average Bonchev–Trinajstić information content (AvgIpc) is 2.28. The van der Waals surface area contributed by atoms with Crippen molar-refractivity contribution < 1.29 is 28.3 Å². The van der Waals surface area contributed by atoms with Crippen molar-refractivity contribution in [1.82, 2.24) is 4.98 Å². The van der Waals surface area contributed by atoms with Crippen LogP contribution in [0.15, 0.2) is 6.20 Å². The Morgan fingerprint density at radius 2 is 2.26 bits per heavy atom. The van der Waals surface area contributed by atoms with Crippen LogP contribution < -0.4 is 0 Å². The standard InChI is InChI=1S/C10H10F2N2O5/c1-2-19-6(15)3-5-4-13-10(14(17)18)8(16)7(5)9(11)12/h4,9,16H,2-3H2,1H3. The number of nitrogens with zero attached hydrogens (tertiary/aromatic N) is 2. The molecule has 0 aromatic carbocycles. The molecule has 104 valence electrons. The lowest BCUT2D eigenvalue weighted by molar-refractivity contribution is -0.390. The van der Waals surface area contributed by atoms with Crippen molar-refractivity contribution in [2.75, 3.05) is 6.61 Å². The Morgan fingerprint density at radius 1 is 1.63 bits per heavy atom. The second kappa shape index (κ2) is 6.03. The Balaban J connectivity index is 3.22. The first-order valence-corrected chi connectivity index (χ1v) is 5.17. The van der Waals surface area contributed by atoms with Crippen LogP contribution in [0.2, 0.25) is 0 Å². The Bertz CT molecular complexity index is 507. The van der Waals surface area contributed by atoms with Crippen LogP contribution in [0.1, 0.15) is 24.5 Å². The number of alkyl halides is 2. The number of halogens is 2. The predicted molar refractivity (Wildman–Crippen MR) is 57.9 cm³/mol. The van der Waals surface area contributed by atoms with E-state index in [0.717, 1.165) is 6.20 Å². The van der Waals surface area contributed by atoms with Crippen molar-refractivity contribution in [3.63, 3.8) is 0 Å². The average molecular weight is 276 g/mol. The Hall–Kier alpha value is -2.32. The molecule has 0 fully saturated rings. The van der Waals surface area contributed by atoms with E-state index in [0.29, 0.717) is 0 Å². The maximum atomic E-state index is 12.8. The summed E-state index contributed by atoms with van der Waals surface area (Å²) in [4.78, 5) is 23.8. The van der Waals surface area contributed by atoms with Crippen molar-refractivity contribution in [3.8, 4) is 5.75 Å². The van der Waals surface area contributed by atoms with Gasteiger partial charge in [0.25, 0.3) is 6.43 Å². The van der Waals surface area contributed by atoms with E-state index in [4.69, 9.17) is 0 Å². The summed E-state index contributed by atoms with van der Waals surface area (Å²) in [5.41, 5.74) is -1.29. The number of hydrogen-bond acceptors (Lipinski definition) is 6. The zero-order valence-corrected chi connectivity index (χ0v) is 9.80. The molecule has 19 heavy (non-hydrogen) atoms. The van der Waals surface area contributed by atoms with Gasteiger partial charge in [0.2, 0.25) is 5.75 Å². The van der Waals surface area contributed by atoms with E-state index in [1.54, 1.807) is 0 Å². The highest BCUT2D eigenvalue weighted by molar-refractivity contribution is 5.73. The quantitative estimate of drug-likeness (QED) is 0.499. The summed E-state index contributed by atoms with van der Waals surface area (Å²) < 4.78 is 30.2. The third-order valence-electron chi connectivity index (χ3n) is 2.19. The normalized spacial score (nSPS) is 10.5. The van der Waals surface area contributed by atoms with E-state index < -0.39 is 40.9 Å². The molecule has 0 aliphatic rings. The highest BCUT2D eigenvalue weighted by atomic mass is 19.3. The molecule has 1 N–H and O–H groups in total. The fourth-order valence-electron chi connectivity index (χ4n) is 1.43. The molecule has 0 unspecified atom stereocenters. The number of ether oxygens (including phenoxy) is 1. The van der Waals surface area contributed by atoms with Gasteiger partial charge in [-0.1, -0.05) is 0 Å². The van der Waals surface area contributed by atoms with Gasteiger partial charge in [0.1, 0.15) is 6.20 Å². The summed E-state index contributed by atoms with van der Waals surface area (Å²) in [6.45, 7) is 1.60. The molecular formula is C10H10F2N2O5. The number of esters is 1. The van der Waals surface area contributed by atoms with Gasteiger partial charge in [0.05, 0.1) is 18.6 Å². The summed E-state index contributed by atoms with van der Waals surface area (Å²) in [5, 5.41) is 19.9. The SMILES string of the molecule is CCOC(=O)Cc1cnc([N+](=O)[O-])c(O)c1C(F)F. The number of hydrogen-bond donors (Lipinski definition) is 1. The minimum atomic E-state index is -3.17. The number of aromatic nitrogens is 1. The molecule has 1 aromatic rings. The Morgan fingerprint density at radius 3 is 2.74 bits per heavy atom. The van der Waals surface area contributed by atoms with Crippen molar-refractivity contribution >= 4 is 11.8 Å². The summed E-state index contributed by atoms with van der Waals surface area (Å²) in [6.07, 6.45) is -2.96. The molecule has 0 aliphatic heterocycles. The highest BCUT2D eigenvalue weighted by Crippen LogP contribution is 2.36. The fraction of sp³-hybridized carbons (Fsp3) is 0.400. The maximum absolute atomic E-state index is 12.8. The molecule has 0 atom stereocenters. The molecule has 1 heterocycles. The van der Waals surface area contributed by atoms with Gasteiger partial charge < -0.3 is 20.0 Å². The molecule has 0 bridgehead atoms. The molecule has 0 saturated heterocycles. The van der Waals surface area contributed by atoms with Crippen LogP contribution >= 0.6 is 0 Å². The van der Waals surface area contributed by atoms with E-state index in [-0.39, 0.29) is 12.2 Å². The van der Waals surface area contributed by atoms with E-state index in [2.05, 4.69) is 9.72 Å². The lowest BCUT2D eigenvalue weighted by Gasteiger charge is -2.08. The minimum absolute atomic E-state index is 0.0647. The van der Waals surface area contributed by atoms with Crippen molar-refractivity contribution in [1.29, 1.82) is 0 Å². The molecule has 0 spiro atoms. The molecule has 7 nitrogen and oxygen atoms in total. The number of carbonyl (C=O) groups excluding carboxylic acids is 1. The molecule has 0 saturated carbocycles. The van der Waals surface area contributed by atoms with E-state index in [9.17, 15) is 28.8 Å². The Kier molecular flexibility index (Phi) is 4.67. The van der Waals surface area contributed by atoms with Crippen LogP contribution in [-0.2, 0) is 16.0 Å². The minimum Gasteiger partial charge on any atom is -0.501 e. The van der Waals surface area contributed by atoms with Gasteiger partial charge in [-0.05, 0) is 16.8 Å². The largest absolute Gasteiger partial charge is 0.501 e. The first-order chi connectivity index (χ1) is 8.88. The van der Waals surface area contributed by atoms with E-state index in [1.165, 1.54) is 6.92 Å². The lowest BCUT2D eigenvalue weighted by atomic mass is 10.1. The highest BCUT2D eigenvalue weighted by Gasteiger charge is 2.29. The predicted octanol–water partition coefficient (Wildman–Crippen LogP) is 1.74. The van der Waals surface area contributed by atoms with Crippen molar-refractivity contribution in [2.24, 2.45) is 0 Å². The zero-order chi connectivity index (χ0) is 14.6. The molecule has 1 rings (SSSR count). The first kappa shape index (κ1) is 14.7. The monoisotopic (exact) mass is 276 g/mol. The fourth-order valence-corrected chi connectivity index (χ4v) is 1.43. The van der Waals surface area contributed by atoms with Gasteiger partial charge in [-0.15, -0.1) is 0 Å². The number of rotatable bonds is 5. The smallest absolute Gasteiger partial charge is 0.406 e.